The molecular weight excluding hydrogens is 368 g/mol. The highest BCUT2D eigenvalue weighted by Gasteiger charge is 2.24. The van der Waals surface area contributed by atoms with E-state index in [4.69, 9.17) is 4.74 Å². The number of carboxylic acid groups (broad SMARTS) is 1. The first kappa shape index (κ1) is 19.3. The first-order valence-electron chi connectivity index (χ1n) is 8.66. The van der Waals surface area contributed by atoms with E-state index >= 15 is 0 Å². The Labute approximate surface area is 158 Å². The van der Waals surface area contributed by atoms with Gasteiger partial charge in [0.05, 0.1) is 29.4 Å². The molecule has 1 fully saturated rings. The first-order valence-corrected chi connectivity index (χ1v) is 10.1. The summed E-state index contributed by atoms with van der Waals surface area (Å²) in [6.07, 6.45) is 0. The van der Waals surface area contributed by atoms with Crippen molar-refractivity contribution in [1.29, 1.82) is 0 Å². The van der Waals surface area contributed by atoms with Crippen molar-refractivity contribution in [2.45, 2.75) is 17.9 Å². The zero-order valence-electron chi connectivity index (χ0n) is 15.0. The van der Waals surface area contributed by atoms with Gasteiger partial charge in [-0.3, -0.25) is 0 Å². The van der Waals surface area contributed by atoms with Gasteiger partial charge in [-0.2, -0.15) is 0 Å². The first-order chi connectivity index (χ1) is 12.9. The van der Waals surface area contributed by atoms with E-state index in [0.717, 1.165) is 5.56 Å². The molecule has 0 amide bonds. The smallest absolute Gasteiger partial charge is 0.337 e. The number of morpholine rings is 1. The minimum Gasteiger partial charge on any atom is -0.478 e. The van der Waals surface area contributed by atoms with Crippen LogP contribution >= 0.6 is 0 Å². The summed E-state index contributed by atoms with van der Waals surface area (Å²) < 4.78 is 33.4. The number of ether oxygens (including phenoxy) is 1. The van der Waals surface area contributed by atoms with Crippen molar-refractivity contribution in [3.05, 3.63) is 59.7 Å². The zero-order valence-corrected chi connectivity index (χ0v) is 15.8. The number of nitrogens with zero attached hydrogens (tertiary/aromatic N) is 1. The van der Waals surface area contributed by atoms with Gasteiger partial charge in [0.2, 0.25) is 10.0 Å². The third kappa shape index (κ3) is 4.47. The van der Waals surface area contributed by atoms with E-state index in [1.165, 1.54) is 12.1 Å². The third-order valence-corrected chi connectivity index (χ3v) is 6.03. The highest BCUT2D eigenvalue weighted by atomic mass is 32.2. The SMILES string of the molecule is C[C@@H](NS(=O)(=O)c1ccc(N2CCOCC2)c(C(=O)O)c1)c1ccccc1. The van der Waals surface area contributed by atoms with E-state index in [1.54, 1.807) is 13.0 Å². The Morgan fingerprint density at radius 2 is 1.81 bits per heavy atom. The van der Waals surface area contributed by atoms with Gasteiger partial charge in [-0.1, -0.05) is 30.3 Å². The summed E-state index contributed by atoms with van der Waals surface area (Å²) in [4.78, 5) is 13.5. The predicted molar refractivity (Wildman–Crippen MR) is 102 cm³/mol. The van der Waals surface area contributed by atoms with Crippen LogP contribution in [0.1, 0.15) is 28.9 Å². The Morgan fingerprint density at radius 3 is 2.44 bits per heavy atom. The summed E-state index contributed by atoms with van der Waals surface area (Å²) in [5, 5.41) is 9.57. The molecule has 7 nitrogen and oxygen atoms in total. The molecule has 1 aliphatic heterocycles. The van der Waals surface area contributed by atoms with Gasteiger partial charge < -0.3 is 14.7 Å². The van der Waals surface area contributed by atoms with Crippen molar-refractivity contribution >= 4 is 21.7 Å². The van der Waals surface area contributed by atoms with Crippen molar-refractivity contribution in [2.75, 3.05) is 31.2 Å². The second kappa shape index (κ2) is 8.08. The minimum absolute atomic E-state index is 0.0351. The van der Waals surface area contributed by atoms with Gasteiger partial charge in [-0.05, 0) is 30.7 Å². The van der Waals surface area contributed by atoms with Crippen LogP contribution in [-0.2, 0) is 14.8 Å². The van der Waals surface area contributed by atoms with Gasteiger partial charge in [-0.25, -0.2) is 17.9 Å². The van der Waals surface area contributed by atoms with Crippen LogP contribution in [0.5, 0.6) is 0 Å². The molecule has 0 saturated carbocycles. The highest BCUT2D eigenvalue weighted by molar-refractivity contribution is 7.89. The number of carbonyl (C=O) groups is 1. The number of aromatic carboxylic acids is 1. The van der Waals surface area contributed by atoms with Crippen LogP contribution in [-0.4, -0.2) is 45.8 Å². The summed E-state index contributed by atoms with van der Waals surface area (Å²) in [5.74, 6) is -1.16. The molecule has 2 N–H and O–H groups in total. The number of hydrogen-bond donors (Lipinski definition) is 2. The molecule has 8 heteroatoms. The molecule has 3 rings (SSSR count). The summed E-state index contributed by atoms with van der Waals surface area (Å²) in [6.45, 7) is 3.89. The second-order valence-electron chi connectivity index (χ2n) is 6.34. The van der Waals surface area contributed by atoms with Crippen LogP contribution in [0.15, 0.2) is 53.4 Å². The molecule has 144 valence electrons. The van der Waals surface area contributed by atoms with Crippen LogP contribution in [0.4, 0.5) is 5.69 Å². The maximum Gasteiger partial charge on any atom is 0.337 e. The minimum atomic E-state index is -3.87. The molecule has 1 saturated heterocycles. The molecular formula is C19H22N2O5S. The van der Waals surface area contributed by atoms with Crippen molar-refractivity contribution in [2.24, 2.45) is 0 Å². The normalized spacial score (nSPS) is 16.1. The van der Waals surface area contributed by atoms with Crippen molar-refractivity contribution in [1.82, 2.24) is 4.72 Å². The summed E-state index contributed by atoms with van der Waals surface area (Å²) in [7, 11) is -3.87. The number of sulfonamides is 1. The molecule has 0 radical (unpaired) electrons. The molecule has 0 aliphatic carbocycles. The highest BCUT2D eigenvalue weighted by Crippen LogP contribution is 2.26. The Hall–Kier alpha value is -2.42. The van der Waals surface area contributed by atoms with Crippen LogP contribution in [0, 0.1) is 0 Å². The lowest BCUT2D eigenvalue weighted by Gasteiger charge is -2.30. The third-order valence-electron chi connectivity index (χ3n) is 4.49. The van der Waals surface area contributed by atoms with Gasteiger partial charge in [-0.15, -0.1) is 0 Å². The van der Waals surface area contributed by atoms with Gasteiger partial charge >= 0.3 is 5.97 Å². The molecule has 0 bridgehead atoms. The molecule has 0 aromatic heterocycles. The number of carboxylic acids is 1. The van der Waals surface area contributed by atoms with Crippen LogP contribution < -0.4 is 9.62 Å². The maximum absolute atomic E-state index is 12.7. The van der Waals surface area contributed by atoms with Crippen LogP contribution in [0.3, 0.4) is 0 Å². The van der Waals surface area contributed by atoms with Crippen molar-refractivity contribution in [3.63, 3.8) is 0 Å². The Kier molecular flexibility index (Phi) is 5.79. The fourth-order valence-electron chi connectivity index (χ4n) is 3.04. The zero-order chi connectivity index (χ0) is 19.4. The predicted octanol–water partition coefficient (Wildman–Crippen LogP) is 2.26. The number of nitrogens with one attached hydrogen (secondary N) is 1. The summed E-state index contributed by atoms with van der Waals surface area (Å²) in [6, 6.07) is 13.0. The molecule has 27 heavy (non-hydrogen) atoms. The Bertz CT molecular complexity index is 909. The van der Waals surface area contributed by atoms with Gasteiger partial charge in [0.1, 0.15) is 0 Å². The van der Waals surface area contributed by atoms with E-state index in [9.17, 15) is 18.3 Å². The molecule has 2 aromatic rings. The lowest BCUT2D eigenvalue weighted by Crippen LogP contribution is -2.37. The van der Waals surface area contributed by atoms with E-state index in [-0.39, 0.29) is 10.5 Å². The molecule has 2 aromatic carbocycles. The average molecular weight is 390 g/mol. The topological polar surface area (TPSA) is 95.9 Å². The average Bonchev–Trinajstić information content (AvgIpc) is 2.68. The van der Waals surface area contributed by atoms with E-state index < -0.39 is 22.0 Å². The number of anilines is 1. The molecule has 0 unspecified atom stereocenters. The Balaban J connectivity index is 1.89. The standard InChI is InChI=1S/C19H22N2O5S/c1-14(15-5-3-2-4-6-15)20-27(24,25)16-7-8-18(17(13-16)19(22)23)21-9-11-26-12-10-21/h2-8,13-14,20H,9-12H2,1H3,(H,22,23)/t14-/m1/s1. The summed E-state index contributed by atoms with van der Waals surface area (Å²) in [5.41, 5.74) is 1.29. The molecule has 0 spiro atoms. The Morgan fingerprint density at radius 1 is 1.15 bits per heavy atom. The fourth-order valence-corrected chi connectivity index (χ4v) is 4.30. The van der Waals surface area contributed by atoms with E-state index in [1.807, 2.05) is 35.2 Å². The van der Waals surface area contributed by atoms with E-state index in [2.05, 4.69) is 4.72 Å². The molecule has 1 aliphatic rings. The van der Waals surface area contributed by atoms with Crippen LogP contribution in [0.2, 0.25) is 0 Å². The lowest BCUT2D eigenvalue weighted by molar-refractivity contribution is 0.0696. The lowest BCUT2D eigenvalue weighted by atomic mass is 10.1. The second-order valence-corrected chi connectivity index (χ2v) is 8.05. The number of benzene rings is 2. The van der Waals surface area contributed by atoms with Crippen molar-refractivity contribution in [3.8, 4) is 0 Å². The quantitative estimate of drug-likeness (QED) is 0.786. The number of rotatable bonds is 6. The van der Waals surface area contributed by atoms with Gasteiger partial charge in [0.25, 0.3) is 0 Å². The monoisotopic (exact) mass is 390 g/mol. The van der Waals surface area contributed by atoms with E-state index in [0.29, 0.717) is 32.0 Å². The molecule has 1 atom stereocenters. The van der Waals surface area contributed by atoms with Crippen LogP contribution in [0.25, 0.3) is 0 Å². The van der Waals surface area contributed by atoms with Gasteiger partial charge in [0.15, 0.2) is 0 Å². The maximum atomic E-state index is 12.7. The van der Waals surface area contributed by atoms with Crippen molar-refractivity contribution < 1.29 is 23.1 Å². The number of hydrogen-bond acceptors (Lipinski definition) is 5. The fraction of sp³-hybridized carbons (Fsp3) is 0.316. The van der Waals surface area contributed by atoms with Gasteiger partial charge in [0, 0.05) is 19.1 Å². The molecule has 1 heterocycles. The summed E-state index contributed by atoms with van der Waals surface area (Å²) >= 11 is 0. The largest absolute Gasteiger partial charge is 0.478 e.